The first-order valence-corrected chi connectivity index (χ1v) is 7.05. The number of hydrogen-bond acceptors (Lipinski definition) is 4. The lowest BCUT2D eigenvalue weighted by molar-refractivity contribution is -0.140. The van der Waals surface area contributed by atoms with Gasteiger partial charge in [0, 0.05) is 12.0 Å². The van der Waals surface area contributed by atoms with Crippen LogP contribution in [0, 0.1) is 0 Å². The number of esters is 1. The van der Waals surface area contributed by atoms with Gasteiger partial charge in [-0.25, -0.2) is 0 Å². The first-order valence-electron chi connectivity index (χ1n) is 7.05. The lowest BCUT2D eigenvalue weighted by atomic mass is 9.98. The van der Waals surface area contributed by atoms with Gasteiger partial charge in [0.25, 0.3) is 0 Å². The number of Topliss-reactive ketones (excluding diaryl/α,β-unsaturated/α-hetero) is 1. The third kappa shape index (κ3) is 4.78. The average molecular weight is 277 g/mol. The number of methoxy groups -OCH3 is 1. The molecule has 1 unspecified atom stereocenters. The van der Waals surface area contributed by atoms with Gasteiger partial charge in [-0.1, -0.05) is 38.1 Å². The number of ketones is 1. The highest BCUT2D eigenvalue weighted by Crippen LogP contribution is 2.11. The molecule has 1 rings (SSSR count). The number of rotatable bonds is 8. The van der Waals surface area contributed by atoms with Crippen molar-refractivity contribution in [1.29, 1.82) is 0 Å². The SMILES string of the molecule is CCNC(CCC(=O)OC)C(=O)c1ccc(CC)cc1. The Bertz CT molecular complexity index is 440. The molecule has 1 aromatic rings. The number of ether oxygens (including phenoxy) is 1. The van der Waals surface area contributed by atoms with Crippen molar-refractivity contribution in [3.05, 3.63) is 35.4 Å². The van der Waals surface area contributed by atoms with Crippen molar-refractivity contribution in [2.24, 2.45) is 0 Å². The van der Waals surface area contributed by atoms with Crippen molar-refractivity contribution in [2.45, 2.75) is 39.2 Å². The molecular formula is C16H23NO3. The Hall–Kier alpha value is -1.68. The smallest absolute Gasteiger partial charge is 0.305 e. The molecule has 1 N–H and O–H groups in total. The summed E-state index contributed by atoms with van der Waals surface area (Å²) in [5, 5.41) is 3.13. The normalized spacial score (nSPS) is 11.9. The van der Waals surface area contributed by atoms with E-state index in [9.17, 15) is 9.59 Å². The van der Waals surface area contributed by atoms with Crippen LogP contribution in [0.3, 0.4) is 0 Å². The second kappa shape index (κ2) is 8.48. The van der Waals surface area contributed by atoms with Crippen LogP contribution in [-0.2, 0) is 16.0 Å². The fourth-order valence-electron chi connectivity index (χ4n) is 2.04. The van der Waals surface area contributed by atoms with Crippen LogP contribution >= 0.6 is 0 Å². The molecule has 0 heterocycles. The molecule has 1 atom stereocenters. The number of hydrogen-bond donors (Lipinski definition) is 1. The summed E-state index contributed by atoms with van der Waals surface area (Å²) in [5.41, 5.74) is 1.88. The predicted octanol–water partition coefficient (Wildman–Crippen LogP) is 2.36. The van der Waals surface area contributed by atoms with E-state index < -0.39 is 0 Å². The van der Waals surface area contributed by atoms with Crippen LogP contribution in [0.2, 0.25) is 0 Å². The summed E-state index contributed by atoms with van der Waals surface area (Å²) in [4.78, 5) is 23.6. The van der Waals surface area contributed by atoms with E-state index >= 15 is 0 Å². The third-order valence-electron chi connectivity index (χ3n) is 3.28. The van der Waals surface area contributed by atoms with Gasteiger partial charge in [-0.3, -0.25) is 9.59 Å². The Morgan fingerprint density at radius 2 is 1.85 bits per heavy atom. The molecule has 0 aliphatic carbocycles. The molecule has 0 saturated heterocycles. The van der Waals surface area contributed by atoms with Gasteiger partial charge in [-0.05, 0) is 24.9 Å². The van der Waals surface area contributed by atoms with E-state index in [2.05, 4.69) is 17.0 Å². The molecule has 4 heteroatoms. The van der Waals surface area contributed by atoms with Crippen molar-refractivity contribution in [2.75, 3.05) is 13.7 Å². The van der Waals surface area contributed by atoms with E-state index in [4.69, 9.17) is 0 Å². The maximum atomic E-state index is 12.4. The molecule has 0 amide bonds. The molecule has 0 radical (unpaired) electrons. The highest BCUT2D eigenvalue weighted by atomic mass is 16.5. The van der Waals surface area contributed by atoms with Crippen LogP contribution in [0.25, 0.3) is 0 Å². The van der Waals surface area contributed by atoms with Crippen LogP contribution in [0.15, 0.2) is 24.3 Å². The van der Waals surface area contributed by atoms with Gasteiger partial charge in [0.05, 0.1) is 13.2 Å². The molecular weight excluding hydrogens is 254 g/mol. The lowest BCUT2D eigenvalue weighted by Crippen LogP contribution is -2.37. The standard InChI is InChI=1S/C16H23NO3/c1-4-12-6-8-13(9-7-12)16(19)14(17-5-2)10-11-15(18)20-3/h6-9,14,17H,4-5,10-11H2,1-3H3. The molecule has 20 heavy (non-hydrogen) atoms. The van der Waals surface area contributed by atoms with Crippen molar-refractivity contribution in [3.63, 3.8) is 0 Å². The van der Waals surface area contributed by atoms with Gasteiger partial charge in [0.1, 0.15) is 0 Å². The van der Waals surface area contributed by atoms with Crippen LogP contribution in [0.4, 0.5) is 0 Å². The highest BCUT2D eigenvalue weighted by molar-refractivity contribution is 6.00. The van der Waals surface area contributed by atoms with E-state index in [0.29, 0.717) is 18.5 Å². The molecule has 0 aliphatic heterocycles. The minimum Gasteiger partial charge on any atom is -0.469 e. The molecule has 0 fully saturated rings. The van der Waals surface area contributed by atoms with Gasteiger partial charge in [0.15, 0.2) is 5.78 Å². The first-order chi connectivity index (χ1) is 9.62. The fourth-order valence-corrected chi connectivity index (χ4v) is 2.04. The van der Waals surface area contributed by atoms with E-state index in [-0.39, 0.29) is 24.2 Å². The van der Waals surface area contributed by atoms with Crippen molar-refractivity contribution >= 4 is 11.8 Å². The molecule has 0 spiro atoms. The molecule has 4 nitrogen and oxygen atoms in total. The monoisotopic (exact) mass is 277 g/mol. The summed E-state index contributed by atoms with van der Waals surface area (Å²) in [6.07, 6.45) is 1.65. The van der Waals surface area contributed by atoms with Crippen LogP contribution in [-0.4, -0.2) is 31.4 Å². The molecule has 0 bridgehead atoms. The Kier molecular flexibility index (Phi) is 6.94. The summed E-state index contributed by atoms with van der Waals surface area (Å²) < 4.78 is 4.62. The molecule has 0 aromatic heterocycles. The molecule has 0 saturated carbocycles. The van der Waals surface area contributed by atoms with E-state index in [1.165, 1.54) is 12.7 Å². The topological polar surface area (TPSA) is 55.4 Å². The van der Waals surface area contributed by atoms with Gasteiger partial charge >= 0.3 is 5.97 Å². The van der Waals surface area contributed by atoms with Gasteiger partial charge in [-0.2, -0.15) is 0 Å². The number of benzene rings is 1. The van der Waals surface area contributed by atoms with E-state index in [1.54, 1.807) is 0 Å². The summed E-state index contributed by atoms with van der Waals surface area (Å²) in [6, 6.07) is 7.30. The summed E-state index contributed by atoms with van der Waals surface area (Å²) in [7, 11) is 1.36. The van der Waals surface area contributed by atoms with Crippen LogP contribution < -0.4 is 5.32 Å². The zero-order valence-corrected chi connectivity index (χ0v) is 12.4. The van der Waals surface area contributed by atoms with E-state index in [0.717, 1.165) is 6.42 Å². The largest absolute Gasteiger partial charge is 0.469 e. The maximum absolute atomic E-state index is 12.4. The Morgan fingerprint density at radius 3 is 2.35 bits per heavy atom. The fraction of sp³-hybridized carbons (Fsp3) is 0.500. The Labute approximate surface area is 120 Å². The minimum absolute atomic E-state index is 0.0263. The molecule has 110 valence electrons. The third-order valence-corrected chi connectivity index (χ3v) is 3.28. The van der Waals surface area contributed by atoms with E-state index in [1.807, 2.05) is 31.2 Å². The second-order valence-corrected chi connectivity index (χ2v) is 4.64. The van der Waals surface area contributed by atoms with Gasteiger partial charge in [-0.15, -0.1) is 0 Å². The summed E-state index contributed by atoms with van der Waals surface area (Å²) in [5.74, 6) is -0.263. The quantitative estimate of drug-likeness (QED) is 0.585. The Morgan fingerprint density at radius 1 is 1.20 bits per heavy atom. The molecule has 0 aliphatic rings. The highest BCUT2D eigenvalue weighted by Gasteiger charge is 2.20. The minimum atomic E-state index is -0.341. The van der Waals surface area contributed by atoms with Gasteiger partial charge in [0.2, 0.25) is 0 Å². The summed E-state index contributed by atoms with van der Waals surface area (Å²) in [6.45, 7) is 4.71. The molecule has 1 aromatic carbocycles. The number of carbonyl (C=O) groups is 2. The van der Waals surface area contributed by atoms with Crippen LogP contribution in [0.5, 0.6) is 0 Å². The predicted molar refractivity (Wildman–Crippen MR) is 78.9 cm³/mol. The maximum Gasteiger partial charge on any atom is 0.305 e. The van der Waals surface area contributed by atoms with Crippen molar-refractivity contribution in [1.82, 2.24) is 5.32 Å². The van der Waals surface area contributed by atoms with Gasteiger partial charge < -0.3 is 10.1 Å². The summed E-state index contributed by atoms with van der Waals surface area (Å²) >= 11 is 0. The average Bonchev–Trinajstić information content (AvgIpc) is 2.50. The zero-order valence-electron chi connectivity index (χ0n) is 12.4. The lowest BCUT2D eigenvalue weighted by Gasteiger charge is -2.16. The van der Waals surface area contributed by atoms with Crippen molar-refractivity contribution < 1.29 is 14.3 Å². The zero-order chi connectivity index (χ0) is 15.0. The number of carbonyl (C=O) groups excluding carboxylic acids is 2. The second-order valence-electron chi connectivity index (χ2n) is 4.64. The number of likely N-dealkylation sites (N-methyl/N-ethyl adjacent to an activating group) is 1. The Balaban J connectivity index is 2.73. The number of aryl methyl sites for hydroxylation is 1. The van der Waals surface area contributed by atoms with Crippen LogP contribution in [0.1, 0.15) is 42.6 Å². The first kappa shape index (κ1) is 16.4. The van der Waals surface area contributed by atoms with Crippen molar-refractivity contribution in [3.8, 4) is 0 Å². The number of nitrogens with one attached hydrogen (secondary N) is 1.